The molecule has 0 spiro atoms. The molecule has 168 valence electrons. The maximum Gasteiger partial charge on any atom is 0.244 e. The number of amides is 1. The van der Waals surface area contributed by atoms with E-state index in [0.29, 0.717) is 17.9 Å². The molecule has 7 nitrogen and oxygen atoms in total. The number of carbonyl (C=O) groups excluding carboxylic acids is 1. The first-order valence-electron chi connectivity index (χ1n) is 10.1. The number of nitrogens with zero attached hydrogens (tertiary/aromatic N) is 1. The van der Waals surface area contributed by atoms with Crippen molar-refractivity contribution < 1.29 is 22.7 Å². The van der Waals surface area contributed by atoms with E-state index < -0.39 is 21.7 Å². The minimum absolute atomic E-state index is 0.291. The Kier molecular flexibility index (Phi) is 6.23. The zero-order valence-corrected chi connectivity index (χ0v) is 19.6. The molecule has 1 N–H and O–H groups in total. The largest absolute Gasteiger partial charge is 0.497 e. The number of methoxy groups -OCH3 is 1. The molecule has 0 radical (unpaired) electrons. The number of ether oxygens (including phenoxy) is 2. The van der Waals surface area contributed by atoms with Gasteiger partial charge in [0.25, 0.3) is 0 Å². The van der Waals surface area contributed by atoms with Gasteiger partial charge in [-0.1, -0.05) is 23.8 Å². The van der Waals surface area contributed by atoms with Gasteiger partial charge in [-0.15, -0.1) is 0 Å². The third-order valence-corrected chi connectivity index (χ3v) is 6.58. The lowest BCUT2D eigenvalue weighted by Gasteiger charge is -2.39. The highest BCUT2D eigenvalue weighted by Crippen LogP contribution is 2.40. The normalized spacial score (nSPS) is 18.3. The predicted octanol–water partition coefficient (Wildman–Crippen LogP) is 3.58. The van der Waals surface area contributed by atoms with Gasteiger partial charge in [-0.3, -0.25) is 9.10 Å². The molecule has 0 bridgehead atoms. The van der Waals surface area contributed by atoms with Gasteiger partial charge in [0.2, 0.25) is 15.9 Å². The molecule has 31 heavy (non-hydrogen) atoms. The fraction of sp³-hybridized carbons (Fsp3) is 0.435. The Balaban J connectivity index is 1.92. The van der Waals surface area contributed by atoms with E-state index in [1.807, 2.05) is 39.0 Å². The summed E-state index contributed by atoms with van der Waals surface area (Å²) in [4.78, 5) is 13.2. The summed E-state index contributed by atoms with van der Waals surface area (Å²) in [7, 11) is -2.22. The lowest BCUT2D eigenvalue weighted by Crippen LogP contribution is -2.50. The van der Waals surface area contributed by atoms with Crippen LogP contribution in [-0.4, -0.2) is 39.3 Å². The summed E-state index contributed by atoms with van der Waals surface area (Å²) in [6.45, 7) is 7.50. The Hall–Kier alpha value is -2.74. The highest BCUT2D eigenvalue weighted by molar-refractivity contribution is 7.92. The van der Waals surface area contributed by atoms with Gasteiger partial charge >= 0.3 is 0 Å². The molecule has 0 aromatic heterocycles. The van der Waals surface area contributed by atoms with Crippen molar-refractivity contribution in [3.63, 3.8) is 0 Å². The van der Waals surface area contributed by atoms with Crippen molar-refractivity contribution in [2.24, 2.45) is 0 Å². The molecular weight excluding hydrogens is 416 g/mol. The van der Waals surface area contributed by atoms with Gasteiger partial charge in [-0.05, 0) is 45.9 Å². The quantitative estimate of drug-likeness (QED) is 0.733. The molecule has 0 fully saturated rings. The molecule has 0 aliphatic carbocycles. The highest BCUT2D eigenvalue weighted by atomic mass is 32.2. The molecule has 1 heterocycles. The minimum atomic E-state index is -3.73. The first-order valence-corrected chi connectivity index (χ1v) is 12.0. The smallest absolute Gasteiger partial charge is 0.244 e. The Morgan fingerprint density at radius 3 is 2.61 bits per heavy atom. The van der Waals surface area contributed by atoms with Crippen LogP contribution >= 0.6 is 0 Å². The highest BCUT2D eigenvalue weighted by Gasteiger charge is 2.37. The van der Waals surface area contributed by atoms with Crippen molar-refractivity contribution >= 4 is 21.6 Å². The zero-order chi connectivity index (χ0) is 23.0. The molecule has 0 unspecified atom stereocenters. The van der Waals surface area contributed by atoms with E-state index in [1.165, 1.54) is 7.11 Å². The van der Waals surface area contributed by atoms with Gasteiger partial charge in [-0.2, -0.15) is 0 Å². The predicted molar refractivity (Wildman–Crippen MR) is 121 cm³/mol. The van der Waals surface area contributed by atoms with Gasteiger partial charge in [0.15, 0.2) is 0 Å². The molecule has 2 aromatic carbocycles. The monoisotopic (exact) mass is 446 g/mol. The summed E-state index contributed by atoms with van der Waals surface area (Å²) in [5, 5.41) is 3.05. The Morgan fingerprint density at radius 1 is 1.26 bits per heavy atom. The van der Waals surface area contributed by atoms with Crippen LogP contribution in [0.25, 0.3) is 0 Å². The third kappa shape index (κ3) is 5.12. The van der Waals surface area contributed by atoms with Crippen LogP contribution in [0.3, 0.4) is 0 Å². The summed E-state index contributed by atoms with van der Waals surface area (Å²) in [5.74, 6) is 0.852. The molecule has 8 heteroatoms. The lowest BCUT2D eigenvalue weighted by atomic mass is 9.89. The number of nitrogens with one attached hydrogen (secondary N) is 1. The first kappa shape index (κ1) is 22.9. The standard InChI is InChI=1S/C23H30N2O5S/c1-15-10-11-21-19(12-15)20(14-23(3,4)30-21)24-22(26)16(2)25(31(6,27)28)17-8-7-9-18(13-17)29-5/h7-13,16,20H,14H2,1-6H3,(H,24,26)/t16-,20+/m0/s1. The molecule has 2 atom stereocenters. The van der Waals surface area contributed by atoms with Crippen molar-refractivity contribution in [1.82, 2.24) is 5.32 Å². The summed E-state index contributed by atoms with van der Waals surface area (Å²) >= 11 is 0. The fourth-order valence-electron chi connectivity index (χ4n) is 3.95. The van der Waals surface area contributed by atoms with Crippen LogP contribution in [0, 0.1) is 6.92 Å². The number of hydrogen-bond acceptors (Lipinski definition) is 5. The number of rotatable bonds is 6. The van der Waals surface area contributed by atoms with E-state index >= 15 is 0 Å². The molecule has 0 saturated heterocycles. The van der Waals surface area contributed by atoms with Crippen molar-refractivity contribution in [3.05, 3.63) is 53.6 Å². The minimum Gasteiger partial charge on any atom is -0.497 e. The SMILES string of the molecule is COc1cccc(N([C@@H](C)C(=O)N[C@@H]2CC(C)(C)Oc3ccc(C)cc32)S(C)(=O)=O)c1. The van der Waals surface area contributed by atoms with Crippen LogP contribution in [-0.2, 0) is 14.8 Å². The maximum absolute atomic E-state index is 13.2. The number of benzene rings is 2. The number of hydrogen-bond donors (Lipinski definition) is 1. The number of aryl methyl sites for hydroxylation is 1. The Bertz CT molecular complexity index is 1080. The van der Waals surface area contributed by atoms with Crippen molar-refractivity contribution in [3.8, 4) is 11.5 Å². The molecule has 1 aliphatic heterocycles. The van der Waals surface area contributed by atoms with Crippen molar-refractivity contribution in [1.29, 1.82) is 0 Å². The second kappa shape index (κ2) is 8.42. The average Bonchev–Trinajstić information content (AvgIpc) is 2.67. The van der Waals surface area contributed by atoms with Gasteiger partial charge in [0.05, 0.1) is 25.1 Å². The van der Waals surface area contributed by atoms with Crippen LogP contribution in [0.4, 0.5) is 5.69 Å². The molecule has 2 aromatic rings. The van der Waals surface area contributed by atoms with Crippen molar-refractivity contribution in [2.75, 3.05) is 17.7 Å². The maximum atomic E-state index is 13.2. The topological polar surface area (TPSA) is 84.9 Å². The van der Waals surface area contributed by atoms with Gasteiger partial charge in [0.1, 0.15) is 23.1 Å². The molecular formula is C23H30N2O5S. The van der Waals surface area contributed by atoms with Crippen LogP contribution in [0.5, 0.6) is 11.5 Å². The summed E-state index contributed by atoms with van der Waals surface area (Å²) in [5.41, 5.74) is 1.86. The van der Waals surface area contributed by atoms with E-state index in [0.717, 1.165) is 27.4 Å². The fourth-order valence-corrected chi connectivity index (χ4v) is 5.12. The second-order valence-corrected chi connectivity index (χ2v) is 10.5. The third-order valence-electron chi connectivity index (χ3n) is 5.34. The molecule has 3 rings (SSSR count). The summed E-state index contributed by atoms with van der Waals surface area (Å²) < 4.78 is 37.6. The number of fused-ring (bicyclic) bond motifs is 1. The number of sulfonamides is 1. The van der Waals surface area contributed by atoms with Gasteiger partial charge < -0.3 is 14.8 Å². The number of anilines is 1. The van der Waals surface area contributed by atoms with Crippen molar-refractivity contribution in [2.45, 2.75) is 51.8 Å². The molecule has 1 amide bonds. The Labute approximate surface area is 184 Å². The van der Waals surface area contributed by atoms with Crippen LogP contribution < -0.4 is 19.1 Å². The molecule has 0 saturated carbocycles. The van der Waals surface area contributed by atoms with E-state index in [2.05, 4.69) is 5.32 Å². The number of carbonyl (C=O) groups is 1. The van der Waals surface area contributed by atoms with Gasteiger partial charge in [0, 0.05) is 18.1 Å². The Morgan fingerprint density at radius 2 is 1.97 bits per heavy atom. The van der Waals surface area contributed by atoms with Crippen LogP contribution in [0.15, 0.2) is 42.5 Å². The van der Waals surface area contributed by atoms with E-state index in [9.17, 15) is 13.2 Å². The second-order valence-electron chi connectivity index (χ2n) is 8.60. The van der Waals surface area contributed by atoms with E-state index in [1.54, 1.807) is 31.2 Å². The van der Waals surface area contributed by atoms with Crippen LogP contribution in [0.2, 0.25) is 0 Å². The first-order chi connectivity index (χ1) is 14.4. The van der Waals surface area contributed by atoms with E-state index in [-0.39, 0.29) is 11.9 Å². The zero-order valence-electron chi connectivity index (χ0n) is 18.8. The van der Waals surface area contributed by atoms with Crippen LogP contribution in [0.1, 0.15) is 44.4 Å². The summed E-state index contributed by atoms with van der Waals surface area (Å²) in [6.07, 6.45) is 1.66. The lowest BCUT2D eigenvalue weighted by molar-refractivity contribution is -0.123. The molecule has 1 aliphatic rings. The van der Waals surface area contributed by atoms with Gasteiger partial charge in [-0.25, -0.2) is 8.42 Å². The average molecular weight is 447 g/mol. The van der Waals surface area contributed by atoms with E-state index in [4.69, 9.17) is 9.47 Å². The summed E-state index contributed by atoms with van der Waals surface area (Å²) in [6, 6.07) is 11.3.